The first-order valence-corrected chi connectivity index (χ1v) is 9.13. The van der Waals surface area contributed by atoms with Gasteiger partial charge >= 0.3 is 6.03 Å². The molecule has 0 unspecified atom stereocenters. The number of carbonyl (C=O) groups excluding carboxylic acids is 3. The Labute approximate surface area is 172 Å². The Kier molecular flexibility index (Phi) is 5.84. The number of ether oxygens (including phenoxy) is 1. The van der Waals surface area contributed by atoms with Crippen molar-refractivity contribution in [3.8, 4) is 5.75 Å². The maximum atomic E-state index is 11.9. The Balaban J connectivity index is 1.88. The van der Waals surface area contributed by atoms with Crippen LogP contribution in [0.1, 0.15) is 11.1 Å². The first-order chi connectivity index (χ1) is 12.8. The van der Waals surface area contributed by atoms with Crippen LogP contribution in [0.5, 0.6) is 5.75 Å². The van der Waals surface area contributed by atoms with Crippen LogP contribution in [0.3, 0.4) is 0 Å². The molecule has 27 heavy (non-hydrogen) atoms. The van der Waals surface area contributed by atoms with Crippen molar-refractivity contribution >= 4 is 63.1 Å². The van der Waals surface area contributed by atoms with E-state index in [1.807, 2.05) is 10.6 Å². The number of benzene rings is 2. The van der Waals surface area contributed by atoms with Crippen molar-refractivity contribution in [2.45, 2.75) is 6.61 Å². The lowest BCUT2D eigenvalue weighted by molar-refractivity contribution is -0.123. The third kappa shape index (κ3) is 4.68. The normalized spacial score (nSPS) is 13.9. The number of rotatable bonds is 4. The molecule has 0 aromatic heterocycles. The van der Waals surface area contributed by atoms with Crippen LogP contribution in [0.4, 0.5) is 4.79 Å². The molecule has 3 rings (SSSR count). The molecule has 0 aliphatic carbocycles. The lowest BCUT2D eigenvalue weighted by atomic mass is 10.1. The van der Waals surface area contributed by atoms with Gasteiger partial charge in [-0.3, -0.25) is 20.2 Å². The number of imide groups is 2. The van der Waals surface area contributed by atoms with Gasteiger partial charge in [0, 0.05) is 10.0 Å². The van der Waals surface area contributed by atoms with E-state index in [4.69, 9.17) is 27.9 Å². The van der Waals surface area contributed by atoms with Crippen molar-refractivity contribution in [1.29, 1.82) is 0 Å². The second-order valence-corrected chi connectivity index (χ2v) is 7.24. The van der Waals surface area contributed by atoms with Crippen LogP contribution in [0.15, 0.2) is 46.4 Å². The Bertz CT molecular complexity index is 969. The van der Waals surface area contributed by atoms with Crippen LogP contribution in [-0.2, 0) is 16.2 Å². The molecule has 2 aromatic carbocycles. The fraction of sp³-hybridized carbons (Fsp3) is 0.0556. The predicted octanol–water partition coefficient (Wildman–Crippen LogP) is 4.08. The SMILES string of the molecule is O=C1NC(=O)C(=Cc2cc(Br)ccc2OCc2ccc(Cl)c(Cl)c2)C(=O)N1. The van der Waals surface area contributed by atoms with Gasteiger partial charge in [-0.25, -0.2) is 4.79 Å². The Morgan fingerprint density at radius 2 is 1.67 bits per heavy atom. The predicted molar refractivity (Wildman–Crippen MR) is 105 cm³/mol. The van der Waals surface area contributed by atoms with Crippen molar-refractivity contribution in [3.05, 3.63) is 67.6 Å². The van der Waals surface area contributed by atoms with Gasteiger partial charge < -0.3 is 4.74 Å². The number of barbiturate groups is 1. The van der Waals surface area contributed by atoms with Crippen LogP contribution in [0, 0.1) is 0 Å². The standard InChI is InChI=1S/C18H11BrCl2N2O4/c19-11-2-4-15(27-8-9-1-3-13(20)14(21)5-9)10(6-11)7-12-16(24)22-18(26)23-17(12)25/h1-7H,8H2,(H2,22,23,24,25,26). The molecule has 1 heterocycles. The summed E-state index contributed by atoms with van der Waals surface area (Å²) in [5.41, 5.74) is 1.08. The van der Waals surface area contributed by atoms with E-state index in [2.05, 4.69) is 15.9 Å². The zero-order chi connectivity index (χ0) is 19.6. The number of hydrogen-bond donors (Lipinski definition) is 2. The Morgan fingerprint density at radius 3 is 2.33 bits per heavy atom. The van der Waals surface area contributed by atoms with Gasteiger partial charge in [-0.2, -0.15) is 0 Å². The largest absolute Gasteiger partial charge is 0.488 e. The first-order valence-electron chi connectivity index (χ1n) is 7.58. The second kappa shape index (κ2) is 8.12. The average molecular weight is 470 g/mol. The fourth-order valence-electron chi connectivity index (χ4n) is 2.32. The van der Waals surface area contributed by atoms with Crippen LogP contribution in [0.2, 0.25) is 10.0 Å². The van der Waals surface area contributed by atoms with E-state index in [1.165, 1.54) is 6.08 Å². The topological polar surface area (TPSA) is 84.5 Å². The van der Waals surface area contributed by atoms with Crippen molar-refractivity contribution in [2.75, 3.05) is 0 Å². The minimum absolute atomic E-state index is 0.200. The molecule has 2 aromatic rings. The maximum absolute atomic E-state index is 11.9. The van der Waals surface area contributed by atoms with E-state index in [9.17, 15) is 14.4 Å². The van der Waals surface area contributed by atoms with Crippen molar-refractivity contribution in [1.82, 2.24) is 10.6 Å². The quantitative estimate of drug-likeness (QED) is 0.521. The molecule has 2 N–H and O–H groups in total. The molecule has 0 bridgehead atoms. The molecule has 138 valence electrons. The summed E-state index contributed by atoms with van der Waals surface area (Å²) in [6, 6.07) is 9.42. The average Bonchev–Trinajstić information content (AvgIpc) is 2.60. The van der Waals surface area contributed by atoms with Gasteiger partial charge in [0.1, 0.15) is 17.9 Å². The smallest absolute Gasteiger partial charge is 0.328 e. The Morgan fingerprint density at radius 1 is 0.963 bits per heavy atom. The Hall–Kier alpha value is -2.35. The molecule has 1 aliphatic heterocycles. The molecule has 1 saturated heterocycles. The van der Waals surface area contributed by atoms with Crippen LogP contribution in [0.25, 0.3) is 6.08 Å². The minimum Gasteiger partial charge on any atom is -0.488 e. The summed E-state index contributed by atoms with van der Waals surface area (Å²) in [5.74, 6) is -1.12. The van der Waals surface area contributed by atoms with Crippen LogP contribution >= 0.6 is 39.1 Å². The summed E-state index contributed by atoms with van der Waals surface area (Å²) in [5, 5.41) is 4.91. The van der Waals surface area contributed by atoms with Gasteiger partial charge in [0.25, 0.3) is 11.8 Å². The third-order valence-electron chi connectivity index (χ3n) is 3.59. The summed E-state index contributed by atoms with van der Waals surface area (Å²) in [6.45, 7) is 0.200. The number of halogens is 3. The van der Waals surface area contributed by atoms with Gasteiger partial charge in [-0.05, 0) is 42.0 Å². The van der Waals surface area contributed by atoms with Crippen LogP contribution in [-0.4, -0.2) is 17.8 Å². The van der Waals surface area contributed by atoms with Crippen LogP contribution < -0.4 is 15.4 Å². The first kappa shape index (κ1) is 19.4. The number of carbonyl (C=O) groups is 3. The molecule has 6 nitrogen and oxygen atoms in total. The fourth-order valence-corrected chi connectivity index (χ4v) is 3.02. The zero-order valence-electron chi connectivity index (χ0n) is 13.5. The zero-order valence-corrected chi connectivity index (χ0v) is 16.6. The van der Waals surface area contributed by atoms with Gasteiger partial charge in [0.05, 0.1) is 10.0 Å². The molecule has 0 radical (unpaired) electrons. The van der Waals surface area contributed by atoms with E-state index < -0.39 is 17.8 Å². The highest BCUT2D eigenvalue weighted by molar-refractivity contribution is 9.10. The summed E-state index contributed by atoms with van der Waals surface area (Å²) in [6.07, 6.45) is 1.35. The summed E-state index contributed by atoms with van der Waals surface area (Å²) in [7, 11) is 0. The van der Waals surface area contributed by atoms with Gasteiger partial charge in [0.2, 0.25) is 0 Å². The number of urea groups is 1. The molecule has 0 atom stereocenters. The maximum Gasteiger partial charge on any atom is 0.328 e. The number of hydrogen-bond acceptors (Lipinski definition) is 4. The molecule has 4 amide bonds. The van der Waals surface area contributed by atoms with Crippen molar-refractivity contribution in [2.24, 2.45) is 0 Å². The second-order valence-electron chi connectivity index (χ2n) is 5.51. The molecule has 1 aliphatic rings. The molecular formula is C18H11BrCl2N2O4. The summed E-state index contributed by atoms with van der Waals surface area (Å²) < 4.78 is 6.53. The van der Waals surface area contributed by atoms with E-state index in [1.54, 1.807) is 36.4 Å². The molecule has 0 saturated carbocycles. The highest BCUT2D eigenvalue weighted by atomic mass is 79.9. The van der Waals surface area contributed by atoms with Gasteiger partial charge in [-0.1, -0.05) is 45.2 Å². The van der Waals surface area contributed by atoms with Crippen molar-refractivity contribution < 1.29 is 19.1 Å². The minimum atomic E-state index is -0.854. The lowest BCUT2D eigenvalue weighted by Crippen LogP contribution is -2.51. The monoisotopic (exact) mass is 468 g/mol. The third-order valence-corrected chi connectivity index (χ3v) is 4.83. The summed E-state index contributed by atoms with van der Waals surface area (Å²) >= 11 is 15.2. The molecule has 0 spiro atoms. The highest BCUT2D eigenvalue weighted by Crippen LogP contribution is 2.28. The number of amides is 4. The summed E-state index contributed by atoms with van der Waals surface area (Å²) in [4.78, 5) is 35.0. The van der Waals surface area contributed by atoms with E-state index in [0.717, 1.165) is 10.0 Å². The van der Waals surface area contributed by atoms with Gasteiger partial charge in [-0.15, -0.1) is 0 Å². The van der Waals surface area contributed by atoms with Gasteiger partial charge in [0.15, 0.2) is 0 Å². The molecule has 1 fully saturated rings. The lowest BCUT2D eigenvalue weighted by Gasteiger charge is -2.15. The molecular weight excluding hydrogens is 459 g/mol. The van der Waals surface area contributed by atoms with E-state index in [-0.39, 0.29) is 12.2 Å². The van der Waals surface area contributed by atoms with E-state index >= 15 is 0 Å². The van der Waals surface area contributed by atoms with Crippen molar-refractivity contribution in [3.63, 3.8) is 0 Å². The van der Waals surface area contributed by atoms with E-state index in [0.29, 0.717) is 21.4 Å². The molecule has 9 heteroatoms. The highest BCUT2D eigenvalue weighted by Gasteiger charge is 2.28. The number of nitrogens with one attached hydrogen (secondary N) is 2.